The Hall–Kier alpha value is -3.68. The van der Waals surface area contributed by atoms with Crippen LogP contribution in [0.2, 0.25) is 0 Å². The molecule has 8 heteroatoms. The number of anilines is 1. The molecule has 0 aliphatic carbocycles. The number of rotatable bonds is 5. The number of hydrogen-bond acceptors (Lipinski definition) is 6. The molecule has 0 spiro atoms. The third kappa shape index (κ3) is 3.54. The molecule has 0 aliphatic heterocycles. The predicted octanol–water partition coefficient (Wildman–Crippen LogP) is 3.35. The summed E-state index contributed by atoms with van der Waals surface area (Å²) in [6.07, 6.45) is 0. The lowest BCUT2D eigenvalue weighted by atomic mass is 10.1. The van der Waals surface area contributed by atoms with Gasteiger partial charge in [0.05, 0.1) is 11.5 Å². The molecule has 3 rings (SSSR count). The molecule has 0 saturated carbocycles. The number of carbonyl (C=O) groups excluding carboxylic acids is 1. The molecule has 0 radical (unpaired) electrons. The first-order valence-corrected chi connectivity index (χ1v) is 7.74. The zero-order valence-corrected chi connectivity index (χ0v) is 13.7. The molecule has 26 heavy (non-hydrogen) atoms. The summed E-state index contributed by atoms with van der Waals surface area (Å²) in [7, 11) is 0. The van der Waals surface area contributed by atoms with E-state index in [0.29, 0.717) is 18.0 Å². The summed E-state index contributed by atoms with van der Waals surface area (Å²) in [5.41, 5.74) is -0.596. The van der Waals surface area contributed by atoms with Crippen LogP contribution < -0.4 is 15.7 Å². The van der Waals surface area contributed by atoms with Crippen molar-refractivity contribution in [2.45, 2.75) is 6.92 Å². The molecule has 0 atom stereocenters. The fourth-order valence-corrected chi connectivity index (χ4v) is 2.38. The second kappa shape index (κ2) is 7.06. The number of amides is 1. The zero-order chi connectivity index (χ0) is 18.7. The summed E-state index contributed by atoms with van der Waals surface area (Å²) >= 11 is 0. The van der Waals surface area contributed by atoms with Crippen molar-refractivity contribution in [3.05, 3.63) is 74.6 Å². The zero-order valence-electron chi connectivity index (χ0n) is 13.7. The van der Waals surface area contributed by atoms with E-state index in [4.69, 9.17) is 9.15 Å². The molecule has 3 aromatic rings. The molecule has 0 bridgehead atoms. The molecule has 1 aromatic heterocycles. The lowest BCUT2D eigenvalue weighted by Gasteiger charge is -2.07. The van der Waals surface area contributed by atoms with Crippen LogP contribution in [0.1, 0.15) is 17.3 Å². The van der Waals surface area contributed by atoms with Crippen LogP contribution in [-0.4, -0.2) is 17.4 Å². The highest BCUT2D eigenvalue weighted by molar-refractivity contribution is 6.05. The monoisotopic (exact) mass is 354 g/mol. The van der Waals surface area contributed by atoms with E-state index in [1.807, 2.05) is 6.92 Å². The largest absolute Gasteiger partial charge is 0.494 e. The first kappa shape index (κ1) is 17.2. The van der Waals surface area contributed by atoms with Crippen molar-refractivity contribution in [2.75, 3.05) is 11.9 Å². The first-order chi connectivity index (χ1) is 12.5. The quantitative estimate of drug-likeness (QED) is 0.427. The number of carbonyl (C=O) groups is 1. The van der Waals surface area contributed by atoms with E-state index in [-0.39, 0.29) is 22.2 Å². The molecule has 2 aromatic carbocycles. The number of nitrogens with one attached hydrogen (secondary N) is 1. The fourth-order valence-electron chi connectivity index (χ4n) is 2.38. The average molecular weight is 354 g/mol. The highest BCUT2D eigenvalue weighted by Gasteiger charge is 2.16. The maximum atomic E-state index is 12.4. The Balaban J connectivity index is 1.90. The predicted molar refractivity (Wildman–Crippen MR) is 94.7 cm³/mol. The van der Waals surface area contributed by atoms with Gasteiger partial charge in [-0.1, -0.05) is 0 Å². The molecule has 0 unspecified atom stereocenters. The van der Waals surface area contributed by atoms with E-state index < -0.39 is 16.5 Å². The van der Waals surface area contributed by atoms with Gasteiger partial charge in [0.1, 0.15) is 16.9 Å². The van der Waals surface area contributed by atoms with Crippen LogP contribution >= 0.6 is 0 Å². The Labute approximate surface area is 147 Å². The molecule has 132 valence electrons. The number of fused-ring (bicyclic) bond motifs is 1. The van der Waals surface area contributed by atoms with E-state index >= 15 is 0 Å². The molecular weight excluding hydrogens is 340 g/mol. The van der Waals surface area contributed by atoms with Crippen LogP contribution in [0.5, 0.6) is 5.75 Å². The third-order valence-corrected chi connectivity index (χ3v) is 3.59. The van der Waals surface area contributed by atoms with E-state index in [9.17, 15) is 19.7 Å². The maximum Gasteiger partial charge on any atom is 0.349 e. The van der Waals surface area contributed by atoms with Crippen LogP contribution in [0, 0.1) is 10.1 Å². The minimum atomic E-state index is -0.824. The molecule has 8 nitrogen and oxygen atoms in total. The summed E-state index contributed by atoms with van der Waals surface area (Å²) in [5, 5.41) is 13.7. The molecule has 0 fully saturated rings. The van der Waals surface area contributed by atoms with E-state index in [2.05, 4.69) is 5.32 Å². The number of ether oxygens (including phenoxy) is 1. The van der Waals surface area contributed by atoms with Crippen molar-refractivity contribution in [3.63, 3.8) is 0 Å². The van der Waals surface area contributed by atoms with Crippen LogP contribution in [0.25, 0.3) is 11.0 Å². The summed E-state index contributed by atoms with van der Waals surface area (Å²) < 4.78 is 10.4. The van der Waals surface area contributed by atoms with Gasteiger partial charge in [0.15, 0.2) is 0 Å². The van der Waals surface area contributed by atoms with Gasteiger partial charge in [0, 0.05) is 23.2 Å². The van der Waals surface area contributed by atoms with Crippen LogP contribution in [0.15, 0.2) is 57.7 Å². The second-order valence-corrected chi connectivity index (χ2v) is 5.34. The normalized spacial score (nSPS) is 10.5. The van der Waals surface area contributed by atoms with E-state index in [0.717, 1.165) is 0 Å². The Morgan fingerprint density at radius 3 is 2.58 bits per heavy atom. The minimum absolute atomic E-state index is 0.163. The molecule has 0 saturated heterocycles. The van der Waals surface area contributed by atoms with Crippen LogP contribution in [0.3, 0.4) is 0 Å². The molecule has 0 aliphatic rings. The van der Waals surface area contributed by atoms with Gasteiger partial charge in [0.25, 0.3) is 11.6 Å². The van der Waals surface area contributed by atoms with Crippen molar-refractivity contribution in [2.24, 2.45) is 0 Å². The Bertz CT molecular complexity index is 1040. The van der Waals surface area contributed by atoms with Gasteiger partial charge >= 0.3 is 5.63 Å². The van der Waals surface area contributed by atoms with Gasteiger partial charge in [-0.3, -0.25) is 14.9 Å². The van der Waals surface area contributed by atoms with E-state index in [1.165, 1.54) is 24.3 Å². The van der Waals surface area contributed by atoms with Crippen molar-refractivity contribution < 1.29 is 18.9 Å². The number of benzene rings is 2. The van der Waals surface area contributed by atoms with E-state index in [1.54, 1.807) is 24.3 Å². The summed E-state index contributed by atoms with van der Waals surface area (Å²) in [4.78, 5) is 34.7. The number of hydrogen-bond donors (Lipinski definition) is 1. The fraction of sp³-hybridized carbons (Fsp3) is 0.111. The average Bonchev–Trinajstić information content (AvgIpc) is 2.62. The Morgan fingerprint density at radius 2 is 1.92 bits per heavy atom. The topological polar surface area (TPSA) is 112 Å². The van der Waals surface area contributed by atoms with Gasteiger partial charge < -0.3 is 14.5 Å². The van der Waals surface area contributed by atoms with Crippen molar-refractivity contribution >= 4 is 28.3 Å². The standard InChI is InChI=1S/C18H14N2O6/c1-2-25-14-6-3-12(4-7-14)19-17(21)15-10-11-9-13(20(23)24)5-8-16(11)26-18(15)22/h3-10H,2H2,1H3,(H,19,21). The SMILES string of the molecule is CCOc1ccc(NC(=O)c2cc3cc([N+](=O)[O-])ccc3oc2=O)cc1. The van der Waals surface area contributed by atoms with Gasteiger partial charge in [-0.15, -0.1) is 0 Å². The third-order valence-electron chi connectivity index (χ3n) is 3.59. The Kier molecular flexibility index (Phi) is 4.66. The van der Waals surface area contributed by atoms with Crippen molar-refractivity contribution in [1.29, 1.82) is 0 Å². The summed E-state index contributed by atoms with van der Waals surface area (Å²) in [5.74, 6) is -0.0145. The van der Waals surface area contributed by atoms with Crippen LogP contribution in [0.4, 0.5) is 11.4 Å². The number of non-ortho nitro benzene ring substituents is 1. The highest BCUT2D eigenvalue weighted by atomic mass is 16.6. The van der Waals surface area contributed by atoms with Gasteiger partial charge in [-0.2, -0.15) is 0 Å². The lowest BCUT2D eigenvalue weighted by molar-refractivity contribution is -0.384. The Morgan fingerprint density at radius 1 is 1.19 bits per heavy atom. The minimum Gasteiger partial charge on any atom is -0.494 e. The number of nitro benzene ring substituents is 1. The van der Waals surface area contributed by atoms with Crippen molar-refractivity contribution in [1.82, 2.24) is 0 Å². The molecule has 1 N–H and O–H groups in total. The smallest absolute Gasteiger partial charge is 0.349 e. The summed E-state index contributed by atoms with van der Waals surface area (Å²) in [6, 6.07) is 11.7. The number of nitrogens with zero attached hydrogens (tertiary/aromatic N) is 1. The highest BCUT2D eigenvalue weighted by Crippen LogP contribution is 2.21. The molecule has 1 amide bonds. The molecule has 1 heterocycles. The lowest BCUT2D eigenvalue weighted by Crippen LogP contribution is -2.20. The van der Waals surface area contributed by atoms with Gasteiger partial charge in [0.2, 0.25) is 0 Å². The summed E-state index contributed by atoms with van der Waals surface area (Å²) in [6.45, 7) is 2.38. The van der Waals surface area contributed by atoms with Gasteiger partial charge in [-0.05, 0) is 43.3 Å². The first-order valence-electron chi connectivity index (χ1n) is 7.74. The number of nitro groups is 1. The van der Waals surface area contributed by atoms with Gasteiger partial charge in [-0.25, -0.2) is 4.79 Å². The maximum absolute atomic E-state index is 12.4. The molecular formula is C18H14N2O6. The van der Waals surface area contributed by atoms with Crippen LogP contribution in [-0.2, 0) is 0 Å². The van der Waals surface area contributed by atoms with Crippen molar-refractivity contribution in [3.8, 4) is 5.75 Å². The second-order valence-electron chi connectivity index (χ2n) is 5.34.